The molecule has 0 saturated heterocycles. The zero-order chi connectivity index (χ0) is 14.7. The Labute approximate surface area is 128 Å². The molecule has 3 nitrogen and oxygen atoms in total. The van der Waals surface area contributed by atoms with E-state index in [4.69, 9.17) is 0 Å². The van der Waals surface area contributed by atoms with Crippen molar-refractivity contribution in [1.29, 1.82) is 0 Å². The topological polar surface area (TPSA) is 46.2 Å². The molecule has 1 aliphatic rings. The van der Waals surface area contributed by atoms with Gasteiger partial charge in [-0.25, -0.2) is 0 Å². The van der Waals surface area contributed by atoms with Crippen LogP contribution in [0.15, 0.2) is 41.8 Å². The zero-order valence-corrected chi connectivity index (χ0v) is 12.5. The minimum absolute atomic E-state index is 0.0265. The molecule has 1 saturated carbocycles. The first-order valence-electron chi connectivity index (χ1n) is 7.23. The molecule has 3 rings (SSSR count). The van der Waals surface area contributed by atoms with Crippen LogP contribution in [0.25, 0.3) is 0 Å². The molecule has 1 fully saturated rings. The van der Waals surface area contributed by atoms with Crippen molar-refractivity contribution in [2.75, 3.05) is 5.32 Å². The summed E-state index contributed by atoms with van der Waals surface area (Å²) in [6.07, 6.45) is 4.26. The maximum absolute atomic E-state index is 12.2. The zero-order valence-electron chi connectivity index (χ0n) is 11.7. The fraction of sp³-hybridized carbons (Fsp3) is 0.294. The highest BCUT2D eigenvalue weighted by atomic mass is 32.1. The number of carbonyl (C=O) groups is 2. The molecule has 4 heteroatoms. The summed E-state index contributed by atoms with van der Waals surface area (Å²) in [5.41, 5.74) is 1.41. The molecule has 0 radical (unpaired) electrons. The molecule has 0 unspecified atom stereocenters. The summed E-state index contributed by atoms with van der Waals surface area (Å²) in [6.45, 7) is 0. The van der Waals surface area contributed by atoms with E-state index in [9.17, 15) is 9.59 Å². The van der Waals surface area contributed by atoms with Crippen LogP contribution in [0.3, 0.4) is 0 Å². The van der Waals surface area contributed by atoms with E-state index < -0.39 is 0 Å². The van der Waals surface area contributed by atoms with Crippen LogP contribution in [0.5, 0.6) is 0 Å². The smallest absolute Gasteiger partial charge is 0.227 e. The standard InChI is InChI=1S/C17H17NO2S/c19-16(15-6-3-11-21-15)12-7-9-14(10-8-12)18-17(20)13-4-1-2-5-13/h3,6-11,13H,1-2,4-5H2,(H,18,20). The van der Waals surface area contributed by atoms with Gasteiger partial charge in [0.2, 0.25) is 11.7 Å². The van der Waals surface area contributed by atoms with Gasteiger partial charge in [-0.05, 0) is 48.6 Å². The number of benzene rings is 1. The van der Waals surface area contributed by atoms with Crippen molar-refractivity contribution in [2.24, 2.45) is 5.92 Å². The largest absolute Gasteiger partial charge is 0.326 e. The van der Waals surface area contributed by atoms with E-state index in [0.29, 0.717) is 5.56 Å². The first-order valence-corrected chi connectivity index (χ1v) is 8.11. The Morgan fingerprint density at radius 2 is 1.76 bits per heavy atom. The summed E-state index contributed by atoms with van der Waals surface area (Å²) in [5, 5.41) is 4.83. The Morgan fingerprint density at radius 1 is 1.05 bits per heavy atom. The van der Waals surface area contributed by atoms with Crippen LogP contribution in [-0.2, 0) is 4.79 Å². The second kappa shape index (κ2) is 6.22. The van der Waals surface area contributed by atoms with Crippen molar-refractivity contribution in [1.82, 2.24) is 0 Å². The van der Waals surface area contributed by atoms with Crippen LogP contribution in [-0.4, -0.2) is 11.7 Å². The molecular weight excluding hydrogens is 282 g/mol. The number of amides is 1. The number of thiophene rings is 1. The van der Waals surface area contributed by atoms with E-state index in [0.717, 1.165) is 36.2 Å². The van der Waals surface area contributed by atoms with Crippen molar-refractivity contribution >= 4 is 28.7 Å². The van der Waals surface area contributed by atoms with Crippen LogP contribution in [0.1, 0.15) is 40.9 Å². The van der Waals surface area contributed by atoms with Gasteiger partial charge in [0.15, 0.2) is 0 Å². The first-order chi connectivity index (χ1) is 10.2. The molecule has 1 aromatic carbocycles. The molecule has 0 atom stereocenters. The molecule has 21 heavy (non-hydrogen) atoms. The molecule has 1 aliphatic carbocycles. The number of hydrogen-bond donors (Lipinski definition) is 1. The van der Waals surface area contributed by atoms with E-state index >= 15 is 0 Å². The van der Waals surface area contributed by atoms with Crippen molar-refractivity contribution in [3.8, 4) is 0 Å². The van der Waals surface area contributed by atoms with E-state index in [-0.39, 0.29) is 17.6 Å². The SMILES string of the molecule is O=C(c1ccc(NC(=O)C2CCCC2)cc1)c1cccs1. The summed E-state index contributed by atoms with van der Waals surface area (Å²) in [6, 6.07) is 10.8. The number of hydrogen-bond acceptors (Lipinski definition) is 3. The van der Waals surface area contributed by atoms with Crippen molar-refractivity contribution in [3.63, 3.8) is 0 Å². The molecule has 0 bridgehead atoms. The van der Waals surface area contributed by atoms with Gasteiger partial charge in [-0.15, -0.1) is 11.3 Å². The second-order valence-electron chi connectivity index (χ2n) is 5.35. The Kier molecular flexibility index (Phi) is 4.15. The Bertz CT molecular complexity index is 625. The fourth-order valence-corrected chi connectivity index (χ4v) is 3.37. The summed E-state index contributed by atoms with van der Waals surface area (Å²) >= 11 is 1.44. The minimum Gasteiger partial charge on any atom is -0.326 e. The van der Waals surface area contributed by atoms with Crippen LogP contribution < -0.4 is 5.32 Å². The van der Waals surface area contributed by atoms with Gasteiger partial charge in [0.1, 0.15) is 0 Å². The van der Waals surface area contributed by atoms with E-state index in [1.54, 1.807) is 24.3 Å². The Hall–Kier alpha value is -1.94. The van der Waals surface area contributed by atoms with Gasteiger partial charge in [0, 0.05) is 17.2 Å². The lowest BCUT2D eigenvalue weighted by molar-refractivity contribution is -0.119. The molecule has 1 N–H and O–H groups in total. The maximum atomic E-state index is 12.2. The normalized spacial score (nSPS) is 15.0. The van der Waals surface area contributed by atoms with Gasteiger partial charge in [-0.2, -0.15) is 0 Å². The van der Waals surface area contributed by atoms with Crippen molar-refractivity contribution in [2.45, 2.75) is 25.7 Å². The highest BCUT2D eigenvalue weighted by Crippen LogP contribution is 2.26. The molecule has 0 aliphatic heterocycles. The Morgan fingerprint density at radius 3 is 2.38 bits per heavy atom. The average Bonchev–Trinajstić information content (AvgIpc) is 3.20. The summed E-state index contributed by atoms with van der Waals surface area (Å²) in [5.74, 6) is 0.279. The maximum Gasteiger partial charge on any atom is 0.227 e. The van der Waals surface area contributed by atoms with Gasteiger partial charge < -0.3 is 5.32 Å². The minimum atomic E-state index is 0.0265. The Balaban J connectivity index is 1.66. The van der Waals surface area contributed by atoms with Crippen LogP contribution in [0.4, 0.5) is 5.69 Å². The molecular formula is C17H17NO2S. The van der Waals surface area contributed by atoms with Crippen molar-refractivity contribution in [3.05, 3.63) is 52.2 Å². The highest BCUT2D eigenvalue weighted by molar-refractivity contribution is 7.12. The van der Waals surface area contributed by atoms with E-state index in [1.807, 2.05) is 17.5 Å². The van der Waals surface area contributed by atoms with E-state index in [1.165, 1.54) is 11.3 Å². The molecule has 2 aromatic rings. The number of carbonyl (C=O) groups excluding carboxylic acids is 2. The lowest BCUT2D eigenvalue weighted by Gasteiger charge is -2.10. The number of rotatable bonds is 4. The first kappa shape index (κ1) is 14.0. The van der Waals surface area contributed by atoms with E-state index in [2.05, 4.69) is 5.32 Å². The summed E-state index contributed by atoms with van der Waals surface area (Å²) in [7, 11) is 0. The number of anilines is 1. The lowest BCUT2D eigenvalue weighted by Crippen LogP contribution is -2.20. The molecule has 1 amide bonds. The predicted octanol–water partition coefficient (Wildman–Crippen LogP) is 4.11. The van der Waals surface area contributed by atoms with Crippen LogP contribution in [0.2, 0.25) is 0 Å². The average molecular weight is 299 g/mol. The predicted molar refractivity (Wildman–Crippen MR) is 84.8 cm³/mol. The second-order valence-corrected chi connectivity index (χ2v) is 6.30. The van der Waals surface area contributed by atoms with Gasteiger partial charge in [0.25, 0.3) is 0 Å². The van der Waals surface area contributed by atoms with Gasteiger partial charge in [-0.1, -0.05) is 18.9 Å². The van der Waals surface area contributed by atoms with Gasteiger partial charge >= 0.3 is 0 Å². The molecule has 0 spiro atoms. The van der Waals surface area contributed by atoms with Crippen LogP contribution in [0, 0.1) is 5.92 Å². The summed E-state index contributed by atoms with van der Waals surface area (Å²) in [4.78, 5) is 25.0. The lowest BCUT2D eigenvalue weighted by atomic mass is 10.1. The highest BCUT2D eigenvalue weighted by Gasteiger charge is 2.22. The third-order valence-corrected chi connectivity index (χ3v) is 4.75. The number of nitrogens with one attached hydrogen (secondary N) is 1. The monoisotopic (exact) mass is 299 g/mol. The van der Waals surface area contributed by atoms with Gasteiger partial charge in [0.05, 0.1) is 4.88 Å². The van der Waals surface area contributed by atoms with Gasteiger partial charge in [-0.3, -0.25) is 9.59 Å². The third-order valence-electron chi connectivity index (χ3n) is 3.89. The molecule has 108 valence electrons. The number of ketones is 1. The van der Waals surface area contributed by atoms with Crippen molar-refractivity contribution < 1.29 is 9.59 Å². The summed E-state index contributed by atoms with van der Waals surface area (Å²) < 4.78 is 0. The molecule has 1 heterocycles. The fourth-order valence-electron chi connectivity index (χ4n) is 2.69. The van der Waals surface area contributed by atoms with Crippen LogP contribution >= 0.6 is 11.3 Å². The quantitative estimate of drug-likeness (QED) is 0.864. The third kappa shape index (κ3) is 3.22. The molecule has 1 aromatic heterocycles.